The molecular weight excluding hydrogens is 449 g/mol. The first-order valence-corrected chi connectivity index (χ1v) is 11.8. The monoisotopic (exact) mass is 473 g/mol. The number of amides is 1. The van der Waals surface area contributed by atoms with Gasteiger partial charge < -0.3 is 9.47 Å². The molecule has 0 atom stereocenters. The number of hydrogen-bond acceptors (Lipinski definition) is 5. The van der Waals surface area contributed by atoms with Crippen LogP contribution in [-0.2, 0) is 18.4 Å². The summed E-state index contributed by atoms with van der Waals surface area (Å²) in [6.07, 6.45) is 0. The largest absolute Gasteiger partial charge is 0.339 e. The summed E-state index contributed by atoms with van der Waals surface area (Å²) in [4.78, 5) is 16.7. The van der Waals surface area contributed by atoms with Crippen molar-refractivity contribution in [1.29, 1.82) is 0 Å². The Balaban J connectivity index is 1.30. The van der Waals surface area contributed by atoms with Crippen molar-refractivity contribution in [2.75, 3.05) is 31.9 Å². The van der Waals surface area contributed by atoms with Crippen LogP contribution < -0.4 is 0 Å². The smallest absolute Gasteiger partial charge is 0.233 e. The lowest BCUT2D eigenvalue weighted by Crippen LogP contribution is -2.48. The Labute approximate surface area is 196 Å². The number of piperazine rings is 1. The SMILES string of the molecule is Cc1ccccc1-c1nnc(SCC(=O)N2CCN(Cc3c(F)cccc3Cl)CC2)n1C. The molecule has 1 saturated heterocycles. The second-order valence-corrected chi connectivity index (χ2v) is 9.18. The lowest BCUT2D eigenvalue weighted by molar-refractivity contribution is -0.130. The van der Waals surface area contributed by atoms with Gasteiger partial charge in [0.05, 0.1) is 5.75 Å². The second kappa shape index (κ2) is 10.0. The average molecular weight is 474 g/mol. The molecule has 0 bridgehead atoms. The standard InChI is InChI=1S/C23H25ClFN5OS/c1-16-6-3-4-7-17(16)22-26-27-23(28(22)2)32-15-21(31)30-12-10-29(11-13-30)14-18-19(24)8-5-9-20(18)25/h3-9H,10-15H2,1-2H3. The van der Waals surface area contributed by atoms with Gasteiger partial charge >= 0.3 is 0 Å². The molecule has 2 heterocycles. The number of hydrogen-bond donors (Lipinski definition) is 0. The van der Waals surface area contributed by atoms with E-state index in [9.17, 15) is 9.18 Å². The number of aromatic nitrogens is 3. The second-order valence-electron chi connectivity index (χ2n) is 7.83. The van der Waals surface area contributed by atoms with E-state index in [1.54, 1.807) is 12.1 Å². The predicted octanol–water partition coefficient (Wildman–Crippen LogP) is 4.02. The molecule has 6 nitrogen and oxygen atoms in total. The van der Waals surface area contributed by atoms with Gasteiger partial charge in [0.25, 0.3) is 0 Å². The van der Waals surface area contributed by atoms with Gasteiger partial charge in [-0.25, -0.2) is 4.39 Å². The van der Waals surface area contributed by atoms with Gasteiger partial charge in [0.1, 0.15) is 5.82 Å². The highest BCUT2D eigenvalue weighted by atomic mass is 35.5. The predicted molar refractivity (Wildman–Crippen MR) is 125 cm³/mol. The van der Waals surface area contributed by atoms with E-state index >= 15 is 0 Å². The maximum Gasteiger partial charge on any atom is 0.233 e. The van der Waals surface area contributed by atoms with Gasteiger partial charge in [-0.05, 0) is 24.6 Å². The third-order valence-electron chi connectivity index (χ3n) is 5.71. The lowest BCUT2D eigenvalue weighted by atomic mass is 10.1. The first kappa shape index (κ1) is 22.8. The quantitative estimate of drug-likeness (QED) is 0.506. The highest BCUT2D eigenvalue weighted by molar-refractivity contribution is 7.99. The Morgan fingerprint density at radius 2 is 1.84 bits per heavy atom. The summed E-state index contributed by atoms with van der Waals surface area (Å²) in [5.74, 6) is 0.873. The Morgan fingerprint density at radius 1 is 1.09 bits per heavy atom. The summed E-state index contributed by atoms with van der Waals surface area (Å²) in [5, 5.41) is 9.75. The van der Waals surface area contributed by atoms with Gasteiger partial charge in [-0.3, -0.25) is 9.69 Å². The number of aryl methyl sites for hydroxylation is 1. The molecular formula is C23H25ClFN5OS. The normalized spacial score (nSPS) is 14.7. The summed E-state index contributed by atoms with van der Waals surface area (Å²) in [6.45, 7) is 5.07. The van der Waals surface area contributed by atoms with Gasteiger partial charge in [-0.1, -0.05) is 53.7 Å². The summed E-state index contributed by atoms with van der Waals surface area (Å²) in [5.41, 5.74) is 2.67. The van der Waals surface area contributed by atoms with Crippen molar-refractivity contribution in [2.24, 2.45) is 7.05 Å². The van der Waals surface area contributed by atoms with Crippen LogP contribution in [-0.4, -0.2) is 62.4 Å². The Morgan fingerprint density at radius 3 is 2.56 bits per heavy atom. The summed E-state index contributed by atoms with van der Waals surface area (Å²) < 4.78 is 16.0. The van der Waals surface area contributed by atoms with Crippen LogP contribution in [0.25, 0.3) is 11.4 Å². The zero-order valence-corrected chi connectivity index (χ0v) is 19.7. The van der Waals surface area contributed by atoms with Gasteiger partial charge in [0.2, 0.25) is 5.91 Å². The van der Waals surface area contributed by atoms with Gasteiger partial charge in [0, 0.05) is 55.9 Å². The first-order valence-electron chi connectivity index (χ1n) is 10.4. The minimum absolute atomic E-state index is 0.0685. The molecule has 168 valence electrons. The van der Waals surface area contributed by atoms with Crippen molar-refractivity contribution >= 4 is 29.3 Å². The summed E-state index contributed by atoms with van der Waals surface area (Å²) in [6, 6.07) is 12.8. The third kappa shape index (κ3) is 4.98. The molecule has 1 aliphatic rings. The molecule has 0 unspecified atom stereocenters. The van der Waals surface area contributed by atoms with Crippen LogP contribution in [0.3, 0.4) is 0 Å². The molecule has 1 amide bonds. The Hall–Kier alpha value is -2.42. The summed E-state index contributed by atoms with van der Waals surface area (Å²) in [7, 11) is 1.92. The minimum atomic E-state index is -0.291. The van der Waals surface area contributed by atoms with E-state index in [4.69, 9.17) is 11.6 Å². The maximum atomic E-state index is 14.0. The van der Waals surface area contributed by atoms with Crippen molar-refractivity contribution < 1.29 is 9.18 Å². The molecule has 0 aliphatic carbocycles. The van der Waals surface area contributed by atoms with E-state index in [1.165, 1.54) is 17.8 Å². The van der Waals surface area contributed by atoms with Gasteiger partial charge in [-0.2, -0.15) is 0 Å². The zero-order chi connectivity index (χ0) is 22.7. The topological polar surface area (TPSA) is 54.3 Å². The highest BCUT2D eigenvalue weighted by Gasteiger charge is 2.23. The number of carbonyl (C=O) groups is 1. The van der Waals surface area contributed by atoms with Crippen LogP contribution >= 0.6 is 23.4 Å². The van der Waals surface area contributed by atoms with Crippen LogP contribution in [0.1, 0.15) is 11.1 Å². The molecule has 0 saturated carbocycles. The van der Waals surface area contributed by atoms with Crippen molar-refractivity contribution in [3.63, 3.8) is 0 Å². The zero-order valence-electron chi connectivity index (χ0n) is 18.1. The van der Waals surface area contributed by atoms with Crippen LogP contribution in [0.2, 0.25) is 5.02 Å². The van der Waals surface area contributed by atoms with E-state index in [0.717, 1.165) is 17.0 Å². The molecule has 3 aromatic rings. The van der Waals surface area contributed by atoms with Crippen molar-refractivity contribution in [2.45, 2.75) is 18.6 Å². The highest BCUT2D eigenvalue weighted by Crippen LogP contribution is 2.25. The van der Waals surface area contributed by atoms with E-state index in [0.29, 0.717) is 54.2 Å². The van der Waals surface area contributed by atoms with Crippen LogP contribution in [0.5, 0.6) is 0 Å². The van der Waals surface area contributed by atoms with E-state index in [2.05, 4.69) is 15.1 Å². The van der Waals surface area contributed by atoms with Crippen LogP contribution in [0, 0.1) is 12.7 Å². The van der Waals surface area contributed by atoms with Gasteiger partial charge in [0.15, 0.2) is 11.0 Å². The van der Waals surface area contributed by atoms with Gasteiger partial charge in [-0.15, -0.1) is 10.2 Å². The van der Waals surface area contributed by atoms with Crippen LogP contribution in [0.15, 0.2) is 47.6 Å². The molecule has 0 N–H and O–H groups in total. The molecule has 0 radical (unpaired) electrons. The van der Waals surface area contributed by atoms with E-state index < -0.39 is 0 Å². The fourth-order valence-electron chi connectivity index (χ4n) is 3.78. The number of rotatable bonds is 6. The summed E-state index contributed by atoms with van der Waals surface area (Å²) >= 11 is 7.54. The molecule has 1 fully saturated rings. The number of nitrogens with zero attached hydrogens (tertiary/aromatic N) is 5. The van der Waals surface area contributed by atoms with Crippen LogP contribution in [0.4, 0.5) is 4.39 Å². The fourth-order valence-corrected chi connectivity index (χ4v) is 4.82. The lowest BCUT2D eigenvalue weighted by Gasteiger charge is -2.34. The molecule has 2 aromatic carbocycles. The Kier molecular flexibility index (Phi) is 7.13. The number of carbonyl (C=O) groups excluding carboxylic acids is 1. The van der Waals surface area contributed by atoms with E-state index in [-0.39, 0.29) is 11.7 Å². The Bertz CT molecular complexity index is 1090. The maximum absolute atomic E-state index is 14.0. The first-order chi connectivity index (χ1) is 15.4. The van der Waals surface area contributed by atoms with Crippen molar-refractivity contribution in [1.82, 2.24) is 24.6 Å². The fraction of sp³-hybridized carbons (Fsp3) is 0.348. The third-order valence-corrected chi connectivity index (χ3v) is 7.07. The van der Waals surface area contributed by atoms with E-state index in [1.807, 2.05) is 47.7 Å². The minimum Gasteiger partial charge on any atom is -0.339 e. The molecule has 9 heteroatoms. The molecule has 4 rings (SSSR count). The molecule has 1 aromatic heterocycles. The van der Waals surface area contributed by atoms with Crippen molar-refractivity contribution in [3.05, 3.63) is 64.4 Å². The molecule has 32 heavy (non-hydrogen) atoms. The molecule has 1 aliphatic heterocycles. The molecule has 0 spiro atoms. The number of halogens is 2. The average Bonchev–Trinajstić information content (AvgIpc) is 3.15. The van der Waals surface area contributed by atoms with Crippen molar-refractivity contribution in [3.8, 4) is 11.4 Å². The number of benzene rings is 2. The number of thioether (sulfide) groups is 1.